The summed E-state index contributed by atoms with van der Waals surface area (Å²) in [5.74, 6) is -0.0220. The van der Waals surface area contributed by atoms with E-state index >= 15 is 0 Å². The molecule has 0 N–H and O–H groups in total. The lowest BCUT2D eigenvalue weighted by Gasteiger charge is -2.14. The second-order valence-corrected chi connectivity index (χ2v) is 7.82. The zero-order valence-corrected chi connectivity index (χ0v) is 19.4. The maximum absolute atomic E-state index is 11.8. The summed E-state index contributed by atoms with van der Waals surface area (Å²) < 4.78 is 10.6. The lowest BCUT2D eigenvalue weighted by molar-refractivity contribution is -0.130. The van der Waals surface area contributed by atoms with E-state index in [1.54, 1.807) is 50.3 Å². The van der Waals surface area contributed by atoms with Crippen LogP contribution in [0.3, 0.4) is 0 Å². The van der Waals surface area contributed by atoms with E-state index in [4.69, 9.17) is 9.47 Å². The summed E-state index contributed by atoms with van der Waals surface area (Å²) in [6, 6.07) is 18.6. The van der Waals surface area contributed by atoms with E-state index in [1.807, 2.05) is 36.4 Å². The van der Waals surface area contributed by atoms with Crippen LogP contribution in [0, 0.1) is 0 Å². The van der Waals surface area contributed by atoms with Gasteiger partial charge in [0.2, 0.25) is 0 Å². The molecule has 170 valence electrons. The number of ether oxygens (including phenoxy) is 2. The van der Waals surface area contributed by atoms with Gasteiger partial charge in [-0.05, 0) is 83.6 Å². The van der Waals surface area contributed by atoms with Crippen molar-refractivity contribution in [1.82, 2.24) is 0 Å². The molecule has 0 aliphatic carbocycles. The lowest BCUT2D eigenvalue weighted by atomic mass is 9.90. The summed E-state index contributed by atoms with van der Waals surface area (Å²) >= 11 is 0. The summed E-state index contributed by atoms with van der Waals surface area (Å²) in [6.07, 6.45) is 3.59. The van der Waals surface area contributed by atoms with Crippen molar-refractivity contribution in [3.63, 3.8) is 0 Å². The molecule has 0 saturated heterocycles. The Balaban J connectivity index is 1.95. The molecule has 0 heterocycles. The first-order valence-electron chi connectivity index (χ1n) is 10.6. The molecule has 0 aliphatic heterocycles. The van der Waals surface area contributed by atoms with Crippen LogP contribution in [0.25, 0.3) is 34.4 Å². The van der Waals surface area contributed by atoms with Gasteiger partial charge in [0.25, 0.3) is 0 Å². The van der Waals surface area contributed by atoms with Gasteiger partial charge in [-0.25, -0.2) is 9.59 Å². The maximum Gasteiger partial charge on any atom is 0.338 e. The van der Waals surface area contributed by atoms with Crippen molar-refractivity contribution in [2.75, 3.05) is 0 Å². The number of esters is 2. The first-order chi connectivity index (χ1) is 16.2. The van der Waals surface area contributed by atoms with Crippen molar-refractivity contribution in [1.29, 1.82) is 0 Å². The number of carbonyl (C=O) groups is 2. The summed E-state index contributed by atoms with van der Waals surface area (Å²) in [5, 5.41) is 0. The molecule has 34 heavy (non-hydrogen) atoms. The van der Waals surface area contributed by atoms with Gasteiger partial charge < -0.3 is 9.47 Å². The molecule has 0 fully saturated rings. The molecule has 0 spiro atoms. The van der Waals surface area contributed by atoms with Crippen LogP contribution in [0.15, 0.2) is 98.1 Å². The van der Waals surface area contributed by atoms with Crippen LogP contribution in [-0.2, 0) is 9.59 Å². The average Bonchev–Trinajstić information content (AvgIpc) is 2.84. The monoisotopic (exact) mass is 450 g/mol. The molecule has 0 aliphatic rings. The van der Waals surface area contributed by atoms with Gasteiger partial charge in [0.15, 0.2) is 0 Å². The number of carbonyl (C=O) groups excluding carboxylic acids is 2. The van der Waals surface area contributed by atoms with Crippen molar-refractivity contribution >= 4 is 24.1 Å². The van der Waals surface area contributed by atoms with Crippen LogP contribution in [0.5, 0.6) is 11.5 Å². The molecule has 0 saturated carbocycles. The molecule has 4 nitrogen and oxygen atoms in total. The fourth-order valence-corrected chi connectivity index (χ4v) is 3.26. The van der Waals surface area contributed by atoms with Gasteiger partial charge in [-0.3, -0.25) is 0 Å². The van der Waals surface area contributed by atoms with Gasteiger partial charge in [0.1, 0.15) is 11.5 Å². The van der Waals surface area contributed by atoms with Gasteiger partial charge in [0.05, 0.1) is 0 Å². The van der Waals surface area contributed by atoms with Crippen LogP contribution >= 0.6 is 0 Å². The number of hydrogen-bond donors (Lipinski definition) is 0. The molecule has 0 aromatic heterocycles. The molecule has 0 radical (unpaired) electrons. The molecule has 3 rings (SSSR count). The Morgan fingerprint density at radius 1 is 0.647 bits per heavy atom. The van der Waals surface area contributed by atoms with Crippen LogP contribution in [0.4, 0.5) is 0 Å². The first-order valence-corrected chi connectivity index (χ1v) is 10.6. The zero-order chi connectivity index (χ0) is 24.8. The highest BCUT2D eigenvalue weighted by molar-refractivity contribution is 5.90. The molecular weight excluding hydrogens is 424 g/mol. The summed E-state index contributed by atoms with van der Waals surface area (Å²) in [6.45, 7) is 18.4. The molecule has 0 amide bonds. The minimum absolute atomic E-state index is 0.339. The predicted molar refractivity (Wildman–Crippen MR) is 138 cm³/mol. The molecule has 0 atom stereocenters. The van der Waals surface area contributed by atoms with Crippen molar-refractivity contribution < 1.29 is 19.1 Å². The van der Waals surface area contributed by atoms with E-state index in [0.29, 0.717) is 22.6 Å². The highest BCUT2D eigenvalue weighted by atomic mass is 16.5. The second kappa shape index (κ2) is 10.5. The van der Waals surface area contributed by atoms with E-state index in [-0.39, 0.29) is 0 Å². The number of hydrogen-bond acceptors (Lipinski definition) is 4. The summed E-state index contributed by atoms with van der Waals surface area (Å²) in [7, 11) is 0. The molecular formula is C30H26O4. The van der Waals surface area contributed by atoms with E-state index < -0.39 is 11.9 Å². The van der Waals surface area contributed by atoms with Crippen LogP contribution in [0.1, 0.15) is 25.0 Å². The predicted octanol–water partition coefficient (Wildman–Crippen LogP) is 7.27. The largest absolute Gasteiger partial charge is 0.423 e. The second-order valence-electron chi connectivity index (χ2n) is 7.82. The Morgan fingerprint density at radius 3 is 1.24 bits per heavy atom. The van der Waals surface area contributed by atoms with Gasteiger partial charge in [-0.1, -0.05) is 62.7 Å². The summed E-state index contributed by atoms with van der Waals surface area (Å²) in [5.41, 5.74) is 6.38. The Labute approximate surface area is 200 Å². The fraction of sp³-hybridized carbons (Fsp3) is 0.0667. The molecule has 0 bridgehead atoms. The lowest BCUT2D eigenvalue weighted by Crippen LogP contribution is -2.07. The van der Waals surface area contributed by atoms with E-state index in [9.17, 15) is 9.59 Å². The number of benzene rings is 3. The van der Waals surface area contributed by atoms with Crippen molar-refractivity contribution in [3.8, 4) is 33.8 Å². The quantitative estimate of drug-likeness (QED) is 0.206. The van der Waals surface area contributed by atoms with E-state index in [2.05, 4.69) is 26.3 Å². The summed E-state index contributed by atoms with van der Waals surface area (Å²) in [4.78, 5) is 23.5. The van der Waals surface area contributed by atoms with E-state index in [0.717, 1.165) is 33.4 Å². The zero-order valence-electron chi connectivity index (χ0n) is 19.4. The highest BCUT2D eigenvalue weighted by Crippen LogP contribution is 2.35. The molecule has 4 heteroatoms. The minimum Gasteiger partial charge on any atom is -0.423 e. The van der Waals surface area contributed by atoms with Gasteiger partial charge in [-0.2, -0.15) is 0 Å². The Bertz CT molecular complexity index is 1190. The van der Waals surface area contributed by atoms with Gasteiger partial charge >= 0.3 is 11.9 Å². The fourth-order valence-electron chi connectivity index (χ4n) is 3.26. The third-order valence-corrected chi connectivity index (χ3v) is 5.11. The molecule has 3 aromatic carbocycles. The van der Waals surface area contributed by atoms with Crippen LogP contribution in [-0.4, -0.2) is 11.9 Å². The normalized spacial score (nSPS) is 10.2. The van der Waals surface area contributed by atoms with Gasteiger partial charge in [-0.15, -0.1) is 0 Å². The standard InChI is InChI=1S/C30H26O4/c1-7-21-17-28(24-11-15-26(16-12-24)34-30(32)20(5)6)22(8-2)18-27(21)23-9-13-25(14-10-23)33-29(31)19(3)4/h7-18H,1-3,5H2,4,6H3. The van der Waals surface area contributed by atoms with Crippen molar-refractivity contribution in [3.05, 3.63) is 109 Å². The smallest absolute Gasteiger partial charge is 0.338 e. The first kappa shape index (κ1) is 24.2. The number of rotatable bonds is 8. The SMILES string of the molecule is C=Cc1cc(-c2ccc(OC(=O)C(=C)C)cc2)c(C=C)cc1-c1ccc(OC(=O)C(=C)C)cc1. The highest BCUT2D eigenvalue weighted by Gasteiger charge is 2.12. The molecule has 3 aromatic rings. The van der Waals surface area contributed by atoms with E-state index in [1.165, 1.54) is 0 Å². The maximum atomic E-state index is 11.8. The Morgan fingerprint density at radius 2 is 0.971 bits per heavy atom. The van der Waals surface area contributed by atoms with Crippen molar-refractivity contribution in [2.24, 2.45) is 0 Å². The third kappa shape index (κ3) is 5.48. The van der Waals surface area contributed by atoms with Crippen LogP contribution < -0.4 is 9.47 Å². The van der Waals surface area contributed by atoms with Crippen molar-refractivity contribution in [2.45, 2.75) is 13.8 Å². The third-order valence-electron chi connectivity index (χ3n) is 5.11. The topological polar surface area (TPSA) is 52.6 Å². The minimum atomic E-state index is -0.460. The average molecular weight is 451 g/mol. The van der Waals surface area contributed by atoms with Gasteiger partial charge in [0, 0.05) is 11.1 Å². The van der Waals surface area contributed by atoms with Crippen LogP contribution in [0.2, 0.25) is 0 Å². The Kier molecular flexibility index (Phi) is 7.44. The molecule has 0 unspecified atom stereocenters. The Hall–Kier alpha value is -4.44.